The van der Waals surface area contributed by atoms with Gasteiger partial charge in [-0.15, -0.1) is 13.2 Å². The zero-order valence-corrected chi connectivity index (χ0v) is 17.0. The number of nitrogens with zero attached hydrogens (tertiary/aromatic N) is 2. The molecular weight excluding hydrogens is 413 g/mol. The first kappa shape index (κ1) is 21.4. The van der Waals surface area contributed by atoms with Crippen molar-refractivity contribution >= 4 is 5.91 Å². The molecule has 1 aromatic carbocycles. The number of methoxy groups -OCH3 is 1. The first-order valence-electron chi connectivity index (χ1n) is 10.0. The third-order valence-electron chi connectivity index (χ3n) is 5.98. The lowest BCUT2D eigenvalue weighted by atomic mass is 9.90. The molecule has 1 saturated carbocycles. The van der Waals surface area contributed by atoms with Gasteiger partial charge in [-0.25, -0.2) is 0 Å². The molecule has 2 aliphatic rings. The maximum Gasteiger partial charge on any atom is 0.522 e. The van der Waals surface area contributed by atoms with Crippen LogP contribution in [0.5, 0.6) is 11.5 Å². The van der Waals surface area contributed by atoms with Crippen LogP contribution in [0.1, 0.15) is 28.9 Å². The molecule has 4 rings (SSSR count). The molecule has 2 heterocycles. The number of ether oxygens (including phenoxy) is 3. The van der Waals surface area contributed by atoms with Crippen LogP contribution in [0.3, 0.4) is 0 Å². The number of likely N-dealkylation sites (tertiary alicyclic amines) is 1. The zero-order valence-electron chi connectivity index (χ0n) is 17.0. The predicted molar refractivity (Wildman–Crippen MR) is 105 cm³/mol. The average molecular weight is 436 g/mol. The lowest BCUT2D eigenvalue weighted by Crippen LogP contribution is -2.40. The fourth-order valence-electron chi connectivity index (χ4n) is 4.31. The van der Waals surface area contributed by atoms with E-state index in [1.165, 1.54) is 13.2 Å². The number of pyridine rings is 1. The predicted octanol–water partition coefficient (Wildman–Crippen LogP) is 3.81. The minimum atomic E-state index is -4.70. The van der Waals surface area contributed by atoms with Crippen LogP contribution in [0.15, 0.2) is 42.6 Å². The first-order valence-corrected chi connectivity index (χ1v) is 10.0. The highest BCUT2D eigenvalue weighted by atomic mass is 19.4. The molecule has 2 aromatic rings. The number of carbonyl (C=O) groups excluding carboxylic acids is 1. The largest absolute Gasteiger partial charge is 0.522 e. The number of hydrogen-bond acceptors (Lipinski definition) is 5. The summed E-state index contributed by atoms with van der Waals surface area (Å²) in [6.45, 7) is 0.374. The molecule has 0 radical (unpaired) electrons. The highest BCUT2D eigenvalue weighted by Gasteiger charge is 2.59. The molecule has 0 N–H and O–H groups in total. The highest BCUT2D eigenvalue weighted by Crippen LogP contribution is 2.58. The van der Waals surface area contributed by atoms with Gasteiger partial charge in [-0.1, -0.05) is 6.07 Å². The average Bonchev–Trinajstić information content (AvgIpc) is 3.51. The van der Waals surface area contributed by atoms with Crippen molar-refractivity contribution in [1.82, 2.24) is 9.88 Å². The van der Waals surface area contributed by atoms with Gasteiger partial charge in [-0.2, -0.15) is 0 Å². The van der Waals surface area contributed by atoms with Crippen LogP contribution in [0.25, 0.3) is 0 Å². The van der Waals surface area contributed by atoms with Gasteiger partial charge in [0.2, 0.25) is 0 Å². The van der Waals surface area contributed by atoms with Gasteiger partial charge in [0.05, 0.1) is 13.7 Å². The van der Waals surface area contributed by atoms with E-state index in [9.17, 15) is 18.0 Å². The summed E-state index contributed by atoms with van der Waals surface area (Å²) in [5.74, 6) is 0.828. The summed E-state index contributed by atoms with van der Waals surface area (Å²) in [4.78, 5) is 19.4. The minimum Gasteiger partial charge on any atom is -0.493 e. The molecule has 2 atom stereocenters. The molecule has 31 heavy (non-hydrogen) atoms. The van der Waals surface area contributed by atoms with Gasteiger partial charge in [-0.3, -0.25) is 14.5 Å². The minimum absolute atomic E-state index is 0.0892. The van der Waals surface area contributed by atoms with E-state index in [2.05, 4.69) is 15.8 Å². The number of carbonyl (C=O) groups is 1. The van der Waals surface area contributed by atoms with Gasteiger partial charge in [0.1, 0.15) is 6.61 Å². The normalized spacial score (nSPS) is 22.6. The van der Waals surface area contributed by atoms with E-state index >= 15 is 0 Å². The number of benzene rings is 1. The molecule has 1 amide bonds. The second-order valence-corrected chi connectivity index (χ2v) is 7.78. The Morgan fingerprint density at radius 3 is 2.74 bits per heavy atom. The lowest BCUT2D eigenvalue weighted by molar-refractivity contribution is -0.325. The number of piperidine rings is 1. The summed E-state index contributed by atoms with van der Waals surface area (Å²) in [5.41, 5.74) is 1.64. The van der Waals surface area contributed by atoms with Gasteiger partial charge in [0.25, 0.3) is 5.91 Å². The van der Waals surface area contributed by atoms with Crippen LogP contribution in [0, 0.1) is 5.92 Å². The summed E-state index contributed by atoms with van der Waals surface area (Å²) in [5, 5.41) is 0. The smallest absolute Gasteiger partial charge is 0.493 e. The van der Waals surface area contributed by atoms with Crippen molar-refractivity contribution in [3.05, 3.63) is 53.9 Å². The molecule has 1 saturated heterocycles. The highest BCUT2D eigenvalue weighted by molar-refractivity contribution is 5.95. The van der Waals surface area contributed by atoms with Crippen LogP contribution >= 0.6 is 0 Å². The Bertz CT molecular complexity index is 938. The lowest BCUT2D eigenvalue weighted by Gasteiger charge is -2.31. The van der Waals surface area contributed by atoms with Crippen molar-refractivity contribution in [2.75, 3.05) is 33.4 Å². The van der Waals surface area contributed by atoms with E-state index < -0.39 is 13.0 Å². The van der Waals surface area contributed by atoms with Gasteiger partial charge >= 0.3 is 6.36 Å². The van der Waals surface area contributed by atoms with E-state index in [0.29, 0.717) is 24.6 Å². The van der Waals surface area contributed by atoms with E-state index in [1.807, 2.05) is 23.2 Å². The number of aromatic nitrogens is 1. The molecule has 1 aliphatic heterocycles. The van der Waals surface area contributed by atoms with Crippen molar-refractivity contribution in [1.29, 1.82) is 0 Å². The summed E-state index contributed by atoms with van der Waals surface area (Å²) < 4.78 is 50.4. The number of alkyl halides is 3. The van der Waals surface area contributed by atoms with Crippen molar-refractivity contribution in [2.24, 2.45) is 5.92 Å². The van der Waals surface area contributed by atoms with Crippen molar-refractivity contribution in [2.45, 2.75) is 24.6 Å². The van der Waals surface area contributed by atoms with E-state index in [0.717, 1.165) is 18.5 Å². The van der Waals surface area contributed by atoms with Crippen molar-refractivity contribution < 1.29 is 32.2 Å². The SMILES string of the molecule is COc1cc(C(=O)N2CCC3(c4ccccn4)CC3C2)ccc1OCCOC(F)(F)F. The molecule has 166 valence electrons. The summed E-state index contributed by atoms with van der Waals surface area (Å²) in [6.07, 6.45) is -0.988. The Morgan fingerprint density at radius 1 is 1.23 bits per heavy atom. The van der Waals surface area contributed by atoms with E-state index in [-0.39, 0.29) is 29.4 Å². The molecular formula is C22H23F3N2O4. The van der Waals surface area contributed by atoms with Crippen LogP contribution < -0.4 is 9.47 Å². The second-order valence-electron chi connectivity index (χ2n) is 7.78. The van der Waals surface area contributed by atoms with Crippen LogP contribution in [-0.2, 0) is 10.2 Å². The molecule has 2 unspecified atom stereocenters. The Hall–Kier alpha value is -2.81. The third-order valence-corrected chi connectivity index (χ3v) is 5.98. The van der Waals surface area contributed by atoms with E-state index in [1.54, 1.807) is 12.1 Å². The van der Waals surface area contributed by atoms with E-state index in [4.69, 9.17) is 9.47 Å². The summed E-state index contributed by atoms with van der Waals surface area (Å²) in [6, 6.07) is 10.6. The molecule has 2 fully saturated rings. The first-order chi connectivity index (χ1) is 14.8. The van der Waals surface area contributed by atoms with Crippen LogP contribution in [-0.4, -0.2) is 55.6 Å². The molecule has 1 aliphatic carbocycles. The van der Waals surface area contributed by atoms with Gasteiger partial charge < -0.3 is 14.4 Å². The van der Waals surface area contributed by atoms with Crippen LogP contribution in [0.2, 0.25) is 0 Å². The van der Waals surface area contributed by atoms with Gasteiger partial charge in [-0.05, 0) is 49.1 Å². The Balaban J connectivity index is 1.37. The third kappa shape index (κ3) is 4.61. The monoisotopic (exact) mass is 436 g/mol. The second kappa shape index (κ2) is 8.37. The maximum atomic E-state index is 13.0. The Labute approximate surface area is 177 Å². The maximum absolute atomic E-state index is 13.0. The number of rotatable bonds is 7. The summed E-state index contributed by atoms with van der Waals surface area (Å²) in [7, 11) is 1.41. The standard InChI is InChI=1S/C22H23F3N2O4/c1-29-18-12-15(5-6-17(18)30-10-11-31-22(23,24)25)20(28)27-9-7-21(13-16(21)14-27)19-4-2-3-8-26-19/h2-6,8,12,16H,7,9-11,13-14H2,1H3. The number of fused-ring (bicyclic) bond motifs is 1. The fourth-order valence-corrected chi connectivity index (χ4v) is 4.31. The fraction of sp³-hybridized carbons (Fsp3) is 0.455. The molecule has 0 spiro atoms. The van der Waals surface area contributed by atoms with Gasteiger partial charge in [0, 0.05) is 36.0 Å². The van der Waals surface area contributed by atoms with Crippen LogP contribution in [0.4, 0.5) is 13.2 Å². The van der Waals surface area contributed by atoms with Crippen molar-refractivity contribution in [3.63, 3.8) is 0 Å². The summed E-state index contributed by atoms with van der Waals surface area (Å²) >= 11 is 0. The number of hydrogen-bond donors (Lipinski definition) is 0. The zero-order chi connectivity index (χ0) is 22.1. The Morgan fingerprint density at radius 2 is 2.06 bits per heavy atom. The Kier molecular flexibility index (Phi) is 5.79. The van der Waals surface area contributed by atoms with Crippen molar-refractivity contribution in [3.8, 4) is 11.5 Å². The molecule has 6 nitrogen and oxygen atoms in total. The number of amides is 1. The molecule has 1 aromatic heterocycles. The quantitative estimate of drug-likeness (QED) is 0.618. The number of halogens is 3. The molecule has 0 bridgehead atoms. The topological polar surface area (TPSA) is 60.9 Å². The van der Waals surface area contributed by atoms with Gasteiger partial charge in [0.15, 0.2) is 11.5 Å². The molecule has 9 heteroatoms.